The van der Waals surface area contributed by atoms with Gasteiger partial charge in [0.05, 0.1) is 7.11 Å². The van der Waals surface area contributed by atoms with Gasteiger partial charge >= 0.3 is 0 Å². The van der Waals surface area contributed by atoms with E-state index in [2.05, 4.69) is 22.3 Å². The quantitative estimate of drug-likeness (QED) is 0.661. The van der Waals surface area contributed by atoms with Crippen LogP contribution in [0.15, 0.2) is 42.5 Å². The third-order valence-corrected chi connectivity index (χ3v) is 5.20. The Labute approximate surface area is 177 Å². The number of likely N-dealkylation sites (tertiary alicyclic amines) is 1. The SMILES string of the molecule is COc1cc(C(=O)NCc2ccccc2CN2CCCCC2)ccc1OCC(N)=O. The molecule has 0 unspecified atom stereocenters. The van der Waals surface area contributed by atoms with E-state index in [1.165, 1.54) is 31.9 Å². The smallest absolute Gasteiger partial charge is 0.255 e. The molecular formula is C23H29N3O4. The minimum Gasteiger partial charge on any atom is -0.493 e. The molecule has 0 aromatic heterocycles. The summed E-state index contributed by atoms with van der Waals surface area (Å²) in [5.74, 6) is -0.0567. The zero-order chi connectivity index (χ0) is 21.3. The topological polar surface area (TPSA) is 93.9 Å². The number of nitrogens with two attached hydrogens (primary N) is 1. The number of benzene rings is 2. The van der Waals surface area contributed by atoms with E-state index >= 15 is 0 Å². The van der Waals surface area contributed by atoms with Crippen LogP contribution < -0.4 is 20.5 Å². The Morgan fingerprint density at radius 3 is 2.47 bits per heavy atom. The molecule has 7 heteroatoms. The van der Waals surface area contributed by atoms with Gasteiger partial charge in [-0.25, -0.2) is 0 Å². The predicted molar refractivity (Wildman–Crippen MR) is 114 cm³/mol. The van der Waals surface area contributed by atoms with Gasteiger partial charge in [-0.15, -0.1) is 0 Å². The van der Waals surface area contributed by atoms with Crippen LogP contribution in [0.2, 0.25) is 0 Å². The van der Waals surface area contributed by atoms with Crippen LogP contribution in [0.1, 0.15) is 40.7 Å². The number of nitrogens with zero attached hydrogens (tertiary/aromatic N) is 1. The number of primary amides is 1. The molecule has 0 spiro atoms. The fraction of sp³-hybridized carbons (Fsp3) is 0.391. The Morgan fingerprint density at radius 2 is 1.77 bits per heavy atom. The second-order valence-corrected chi connectivity index (χ2v) is 7.41. The molecule has 1 aliphatic heterocycles. The van der Waals surface area contributed by atoms with E-state index < -0.39 is 5.91 Å². The van der Waals surface area contributed by atoms with E-state index in [1.54, 1.807) is 18.2 Å². The zero-order valence-electron chi connectivity index (χ0n) is 17.4. The van der Waals surface area contributed by atoms with E-state index in [9.17, 15) is 9.59 Å². The van der Waals surface area contributed by atoms with Crippen molar-refractivity contribution in [3.05, 3.63) is 59.2 Å². The van der Waals surface area contributed by atoms with Crippen molar-refractivity contribution in [2.45, 2.75) is 32.4 Å². The van der Waals surface area contributed by atoms with E-state index in [1.807, 2.05) is 12.1 Å². The Morgan fingerprint density at radius 1 is 1.03 bits per heavy atom. The Hall–Kier alpha value is -3.06. The monoisotopic (exact) mass is 411 g/mol. The molecule has 1 fully saturated rings. The molecule has 3 N–H and O–H groups in total. The van der Waals surface area contributed by atoms with E-state index in [0.717, 1.165) is 25.2 Å². The summed E-state index contributed by atoms with van der Waals surface area (Å²) in [6, 6.07) is 13.0. The van der Waals surface area contributed by atoms with Crippen LogP contribution in [0.25, 0.3) is 0 Å². The molecular weight excluding hydrogens is 382 g/mol. The summed E-state index contributed by atoms with van der Waals surface area (Å²) in [5.41, 5.74) is 7.91. The van der Waals surface area contributed by atoms with Crippen LogP contribution in [0, 0.1) is 0 Å². The van der Waals surface area contributed by atoms with Crippen molar-refractivity contribution in [3.8, 4) is 11.5 Å². The van der Waals surface area contributed by atoms with Gasteiger partial charge in [0.2, 0.25) is 0 Å². The molecule has 0 bridgehead atoms. The number of amides is 2. The van der Waals surface area contributed by atoms with E-state index in [0.29, 0.717) is 23.6 Å². The van der Waals surface area contributed by atoms with Crippen LogP contribution in [0.3, 0.4) is 0 Å². The molecule has 0 radical (unpaired) electrons. The van der Waals surface area contributed by atoms with Crippen LogP contribution in [0.4, 0.5) is 0 Å². The molecule has 0 aliphatic carbocycles. The lowest BCUT2D eigenvalue weighted by molar-refractivity contribution is -0.119. The van der Waals surface area contributed by atoms with E-state index in [-0.39, 0.29) is 12.5 Å². The first-order chi connectivity index (χ1) is 14.6. The fourth-order valence-electron chi connectivity index (χ4n) is 3.60. The molecule has 30 heavy (non-hydrogen) atoms. The van der Waals surface area contributed by atoms with Crippen molar-refractivity contribution in [2.24, 2.45) is 5.73 Å². The second-order valence-electron chi connectivity index (χ2n) is 7.41. The molecule has 0 atom stereocenters. The summed E-state index contributed by atoms with van der Waals surface area (Å²) in [7, 11) is 1.48. The molecule has 1 aliphatic rings. The summed E-state index contributed by atoms with van der Waals surface area (Å²) in [4.78, 5) is 26.1. The van der Waals surface area contributed by atoms with Crippen molar-refractivity contribution in [1.29, 1.82) is 0 Å². The summed E-state index contributed by atoms with van der Waals surface area (Å²) < 4.78 is 10.6. The lowest BCUT2D eigenvalue weighted by Crippen LogP contribution is -2.30. The Kier molecular flexibility index (Phi) is 7.68. The van der Waals surface area contributed by atoms with Crippen LogP contribution in [0.5, 0.6) is 11.5 Å². The van der Waals surface area contributed by atoms with Crippen molar-refractivity contribution in [3.63, 3.8) is 0 Å². The number of rotatable bonds is 9. The first-order valence-corrected chi connectivity index (χ1v) is 10.2. The number of methoxy groups -OCH3 is 1. The number of nitrogens with one attached hydrogen (secondary N) is 1. The molecule has 160 valence electrons. The summed E-state index contributed by atoms with van der Waals surface area (Å²) in [6.07, 6.45) is 3.81. The van der Waals surface area contributed by atoms with Gasteiger partial charge in [-0.05, 0) is 55.3 Å². The van der Waals surface area contributed by atoms with Crippen LogP contribution >= 0.6 is 0 Å². The highest BCUT2D eigenvalue weighted by Crippen LogP contribution is 2.28. The zero-order valence-corrected chi connectivity index (χ0v) is 17.4. The van der Waals surface area contributed by atoms with Crippen molar-refractivity contribution >= 4 is 11.8 Å². The third kappa shape index (κ3) is 5.97. The first-order valence-electron chi connectivity index (χ1n) is 10.2. The van der Waals surface area contributed by atoms with Gasteiger partial charge in [-0.3, -0.25) is 14.5 Å². The van der Waals surface area contributed by atoms with Gasteiger partial charge in [0.1, 0.15) is 0 Å². The van der Waals surface area contributed by atoms with E-state index in [4.69, 9.17) is 15.2 Å². The molecule has 2 aromatic carbocycles. The maximum Gasteiger partial charge on any atom is 0.255 e. The predicted octanol–water partition coefficient (Wildman–Crippen LogP) is 2.48. The van der Waals surface area contributed by atoms with Gasteiger partial charge < -0.3 is 20.5 Å². The molecule has 0 saturated carbocycles. The molecule has 7 nitrogen and oxygen atoms in total. The average Bonchev–Trinajstić information content (AvgIpc) is 2.77. The van der Waals surface area contributed by atoms with Crippen molar-refractivity contribution < 1.29 is 19.1 Å². The Bertz CT molecular complexity index is 879. The minimum atomic E-state index is -0.581. The number of piperidine rings is 1. The van der Waals surface area contributed by atoms with Gasteiger partial charge in [0.15, 0.2) is 18.1 Å². The fourth-order valence-corrected chi connectivity index (χ4v) is 3.60. The standard InChI is InChI=1S/C23H29N3O4/c1-29-21-13-17(9-10-20(21)30-16-22(24)27)23(28)25-14-18-7-3-4-8-19(18)15-26-11-5-2-6-12-26/h3-4,7-10,13H,2,5-6,11-12,14-16H2,1H3,(H2,24,27)(H,25,28). The van der Waals surface area contributed by atoms with Crippen molar-refractivity contribution in [2.75, 3.05) is 26.8 Å². The molecule has 2 amide bonds. The lowest BCUT2D eigenvalue weighted by Gasteiger charge is -2.27. The number of hydrogen-bond donors (Lipinski definition) is 2. The largest absolute Gasteiger partial charge is 0.493 e. The molecule has 3 rings (SSSR count). The van der Waals surface area contributed by atoms with Crippen LogP contribution in [-0.2, 0) is 17.9 Å². The van der Waals surface area contributed by atoms with Gasteiger partial charge in [0.25, 0.3) is 11.8 Å². The maximum atomic E-state index is 12.7. The summed E-state index contributed by atoms with van der Waals surface area (Å²) in [6.45, 7) is 3.36. The summed E-state index contributed by atoms with van der Waals surface area (Å²) >= 11 is 0. The number of carbonyl (C=O) groups is 2. The average molecular weight is 412 g/mol. The number of carbonyl (C=O) groups excluding carboxylic acids is 2. The molecule has 2 aromatic rings. The van der Waals surface area contributed by atoms with Crippen LogP contribution in [-0.4, -0.2) is 43.5 Å². The highest BCUT2D eigenvalue weighted by Gasteiger charge is 2.14. The van der Waals surface area contributed by atoms with Gasteiger partial charge in [-0.2, -0.15) is 0 Å². The first kappa shape index (κ1) is 21.6. The third-order valence-electron chi connectivity index (χ3n) is 5.20. The number of ether oxygens (including phenoxy) is 2. The summed E-state index contributed by atoms with van der Waals surface area (Å²) in [5, 5.41) is 2.99. The normalized spacial score (nSPS) is 14.2. The highest BCUT2D eigenvalue weighted by molar-refractivity contribution is 5.94. The molecule has 1 saturated heterocycles. The second kappa shape index (κ2) is 10.6. The minimum absolute atomic E-state index is 0.206. The highest BCUT2D eigenvalue weighted by atomic mass is 16.5. The lowest BCUT2D eigenvalue weighted by atomic mass is 10.0. The van der Waals surface area contributed by atoms with Gasteiger partial charge in [-0.1, -0.05) is 30.7 Å². The Balaban J connectivity index is 1.63. The van der Waals surface area contributed by atoms with Crippen molar-refractivity contribution in [1.82, 2.24) is 10.2 Å². The number of hydrogen-bond acceptors (Lipinski definition) is 5. The maximum absolute atomic E-state index is 12.7. The molecule has 1 heterocycles. The van der Waals surface area contributed by atoms with Gasteiger partial charge in [0, 0.05) is 18.7 Å².